The number of carbonyl (C=O) groups is 3. The first kappa shape index (κ1) is 18.9. The van der Waals surface area contributed by atoms with Crippen LogP contribution in [0.25, 0.3) is 0 Å². The summed E-state index contributed by atoms with van der Waals surface area (Å²) in [5.41, 5.74) is 6.37. The molecule has 7 nitrogen and oxygen atoms in total. The normalized spacial score (nSPS) is 10.1. The second kappa shape index (κ2) is 8.11. The van der Waals surface area contributed by atoms with Crippen LogP contribution in [-0.4, -0.2) is 43.4 Å². The summed E-state index contributed by atoms with van der Waals surface area (Å²) in [5, 5.41) is 2.54. The molecule has 0 aromatic heterocycles. The van der Waals surface area contributed by atoms with Crippen LogP contribution < -0.4 is 11.1 Å². The van der Waals surface area contributed by atoms with Gasteiger partial charge in [0, 0.05) is 31.0 Å². The SMILES string of the molecule is CN(C)C(=O)c1ccc(NC(=O)COC(=O)c2ccc(F)cc2N)cc1. The highest BCUT2D eigenvalue weighted by Gasteiger charge is 2.14. The first-order valence-electron chi connectivity index (χ1n) is 7.61. The van der Waals surface area contributed by atoms with Gasteiger partial charge in [-0.3, -0.25) is 9.59 Å². The van der Waals surface area contributed by atoms with Crippen molar-refractivity contribution >= 4 is 29.2 Å². The van der Waals surface area contributed by atoms with Gasteiger partial charge in [-0.05, 0) is 42.5 Å². The van der Waals surface area contributed by atoms with E-state index in [1.165, 1.54) is 11.0 Å². The lowest BCUT2D eigenvalue weighted by Gasteiger charge is -2.11. The minimum atomic E-state index is -0.829. The number of nitrogens with one attached hydrogen (secondary N) is 1. The highest BCUT2D eigenvalue weighted by atomic mass is 19.1. The molecule has 0 spiro atoms. The van der Waals surface area contributed by atoms with E-state index < -0.39 is 24.3 Å². The van der Waals surface area contributed by atoms with E-state index in [2.05, 4.69) is 5.32 Å². The number of hydrogen-bond donors (Lipinski definition) is 2. The number of hydrogen-bond acceptors (Lipinski definition) is 5. The number of benzene rings is 2. The van der Waals surface area contributed by atoms with Crippen molar-refractivity contribution in [1.82, 2.24) is 4.90 Å². The topological polar surface area (TPSA) is 102 Å². The van der Waals surface area contributed by atoms with Gasteiger partial charge >= 0.3 is 5.97 Å². The smallest absolute Gasteiger partial charge is 0.340 e. The summed E-state index contributed by atoms with van der Waals surface area (Å²) in [6.45, 7) is -0.534. The zero-order chi connectivity index (χ0) is 19.3. The summed E-state index contributed by atoms with van der Waals surface area (Å²) in [5.74, 6) is -2.13. The van der Waals surface area contributed by atoms with Crippen LogP contribution in [0.3, 0.4) is 0 Å². The number of esters is 1. The van der Waals surface area contributed by atoms with E-state index in [9.17, 15) is 18.8 Å². The Morgan fingerprint density at radius 1 is 1.12 bits per heavy atom. The number of ether oxygens (including phenoxy) is 1. The van der Waals surface area contributed by atoms with Crippen LogP contribution in [0, 0.1) is 5.82 Å². The van der Waals surface area contributed by atoms with Crippen molar-refractivity contribution in [1.29, 1.82) is 0 Å². The molecule has 8 heteroatoms. The van der Waals surface area contributed by atoms with E-state index in [-0.39, 0.29) is 17.2 Å². The lowest BCUT2D eigenvalue weighted by atomic mass is 10.2. The Morgan fingerprint density at radius 3 is 2.35 bits per heavy atom. The van der Waals surface area contributed by atoms with E-state index in [0.717, 1.165) is 12.1 Å². The number of anilines is 2. The molecule has 136 valence electrons. The van der Waals surface area contributed by atoms with Gasteiger partial charge in [0.05, 0.1) is 5.56 Å². The molecule has 3 N–H and O–H groups in total. The molecule has 0 heterocycles. The van der Waals surface area contributed by atoms with Crippen molar-refractivity contribution in [2.75, 3.05) is 31.8 Å². The lowest BCUT2D eigenvalue weighted by Crippen LogP contribution is -2.22. The van der Waals surface area contributed by atoms with E-state index >= 15 is 0 Å². The fourth-order valence-electron chi connectivity index (χ4n) is 2.08. The summed E-state index contributed by atoms with van der Waals surface area (Å²) in [6.07, 6.45) is 0. The van der Waals surface area contributed by atoms with Crippen molar-refractivity contribution in [2.24, 2.45) is 0 Å². The highest BCUT2D eigenvalue weighted by Crippen LogP contribution is 2.15. The Balaban J connectivity index is 1.90. The van der Waals surface area contributed by atoms with Gasteiger partial charge in [-0.2, -0.15) is 0 Å². The molecule has 2 aromatic carbocycles. The fourth-order valence-corrected chi connectivity index (χ4v) is 2.08. The van der Waals surface area contributed by atoms with Crippen LogP contribution in [0.5, 0.6) is 0 Å². The fraction of sp³-hybridized carbons (Fsp3) is 0.167. The molecule has 0 bridgehead atoms. The number of halogens is 1. The van der Waals surface area contributed by atoms with Crippen LogP contribution in [0.4, 0.5) is 15.8 Å². The zero-order valence-corrected chi connectivity index (χ0v) is 14.3. The number of carbonyl (C=O) groups excluding carboxylic acids is 3. The van der Waals surface area contributed by atoms with E-state index in [0.29, 0.717) is 11.3 Å². The average molecular weight is 359 g/mol. The molecule has 0 aliphatic heterocycles. The molecule has 2 amide bonds. The Morgan fingerprint density at radius 2 is 1.77 bits per heavy atom. The summed E-state index contributed by atoms with van der Waals surface area (Å²) in [6, 6.07) is 9.53. The number of nitrogen functional groups attached to an aromatic ring is 1. The monoisotopic (exact) mass is 359 g/mol. The average Bonchev–Trinajstić information content (AvgIpc) is 2.59. The molecular formula is C18H18FN3O4. The molecule has 0 radical (unpaired) electrons. The maximum atomic E-state index is 13.0. The Hall–Kier alpha value is -3.42. The molecule has 0 fully saturated rings. The number of rotatable bonds is 5. The van der Waals surface area contributed by atoms with Gasteiger partial charge in [0.25, 0.3) is 11.8 Å². The van der Waals surface area contributed by atoms with Crippen molar-refractivity contribution in [3.8, 4) is 0 Å². The van der Waals surface area contributed by atoms with E-state index in [1.807, 2.05) is 0 Å². The first-order chi connectivity index (χ1) is 12.3. The second-order valence-electron chi connectivity index (χ2n) is 5.63. The third-order valence-electron chi connectivity index (χ3n) is 3.39. The van der Waals surface area contributed by atoms with Crippen molar-refractivity contribution in [3.63, 3.8) is 0 Å². The zero-order valence-electron chi connectivity index (χ0n) is 14.3. The van der Waals surface area contributed by atoms with Gasteiger partial charge in [0.1, 0.15) is 5.82 Å². The van der Waals surface area contributed by atoms with E-state index in [4.69, 9.17) is 10.5 Å². The first-order valence-corrected chi connectivity index (χ1v) is 7.61. The molecule has 0 aliphatic carbocycles. The second-order valence-corrected chi connectivity index (χ2v) is 5.63. The van der Waals surface area contributed by atoms with Crippen LogP contribution in [0.15, 0.2) is 42.5 Å². The quantitative estimate of drug-likeness (QED) is 0.627. The molecule has 0 saturated heterocycles. The van der Waals surface area contributed by atoms with Gasteiger partial charge in [-0.15, -0.1) is 0 Å². The predicted octanol–water partition coefficient (Wildman–Crippen LogP) is 1.91. The van der Waals surface area contributed by atoms with Gasteiger partial charge in [-0.25, -0.2) is 9.18 Å². The van der Waals surface area contributed by atoms with Gasteiger partial charge < -0.3 is 20.7 Å². The molecule has 0 saturated carbocycles. The van der Waals surface area contributed by atoms with Crippen LogP contribution >= 0.6 is 0 Å². The highest BCUT2D eigenvalue weighted by molar-refractivity contribution is 5.98. The number of nitrogens with zero attached hydrogens (tertiary/aromatic N) is 1. The third-order valence-corrected chi connectivity index (χ3v) is 3.39. The van der Waals surface area contributed by atoms with Crippen LogP contribution in [0.2, 0.25) is 0 Å². The van der Waals surface area contributed by atoms with Crippen molar-refractivity contribution in [3.05, 3.63) is 59.4 Å². The molecule has 2 rings (SSSR count). The Labute approximate surface area is 149 Å². The van der Waals surface area contributed by atoms with Gasteiger partial charge in [-0.1, -0.05) is 0 Å². The maximum Gasteiger partial charge on any atom is 0.340 e. The van der Waals surface area contributed by atoms with Gasteiger partial charge in [0.15, 0.2) is 6.61 Å². The van der Waals surface area contributed by atoms with E-state index in [1.54, 1.807) is 38.4 Å². The van der Waals surface area contributed by atoms with Crippen LogP contribution in [-0.2, 0) is 9.53 Å². The summed E-state index contributed by atoms with van der Waals surface area (Å²) in [4.78, 5) is 37.0. The third kappa shape index (κ3) is 4.79. The number of nitrogens with two attached hydrogens (primary N) is 1. The number of amides is 2. The Bertz CT molecular complexity index is 835. The molecular weight excluding hydrogens is 341 g/mol. The molecule has 26 heavy (non-hydrogen) atoms. The maximum absolute atomic E-state index is 13.0. The van der Waals surface area contributed by atoms with Crippen molar-refractivity contribution < 1.29 is 23.5 Å². The minimum absolute atomic E-state index is 0.0225. The lowest BCUT2D eigenvalue weighted by molar-refractivity contribution is -0.119. The standard InChI is InChI=1S/C18H18FN3O4/c1-22(2)17(24)11-3-6-13(7-4-11)21-16(23)10-26-18(25)14-8-5-12(19)9-15(14)20/h3-9H,10,20H2,1-2H3,(H,21,23). The van der Waals surface area contributed by atoms with Gasteiger partial charge in [0.2, 0.25) is 0 Å². The van der Waals surface area contributed by atoms with Crippen molar-refractivity contribution in [2.45, 2.75) is 0 Å². The van der Waals surface area contributed by atoms with Crippen LogP contribution in [0.1, 0.15) is 20.7 Å². The summed E-state index contributed by atoms with van der Waals surface area (Å²) < 4.78 is 17.8. The molecule has 0 aliphatic rings. The molecule has 0 unspecified atom stereocenters. The summed E-state index contributed by atoms with van der Waals surface area (Å²) >= 11 is 0. The molecule has 0 atom stereocenters. The predicted molar refractivity (Wildman–Crippen MR) is 94.2 cm³/mol. The summed E-state index contributed by atoms with van der Waals surface area (Å²) in [7, 11) is 3.28. The minimum Gasteiger partial charge on any atom is -0.452 e. The largest absolute Gasteiger partial charge is 0.452 e. The Kier molecular flexibility index (Phi) is 5.90. The molecule has 2 aromatic rings.